The highest BCUT2D eigenvalue weighted by Gasteiger charge is 2.38. The second-order valence-electron chi connectivity index (χ2n) is 6.02. The summed E-state index contributed by atoms with van der Waals surface area (Å²) in [4.78, 5) is 14.3. The fourth-order valence-corrected chi connectivity index (χ4v) is 3.63. The Labute approximate surface area is 114 Å². The minimum Gasteiger partial charge on any atom is -0.507 e. The maximum atomic E-state index is 12.4. The van der Waals surface area contributed by atoms with E-state index in [1.54, 1.807) is 24.3 Å². The zero-order valence-electron chi connectivity index (χ0n) is 11.3. The molecule has 0 aromatic heterocycles. The van der Waals surface area contributed by atoms with Crippen LogP contribution < -0.4 is 0 Å². The highest BCUT2D eigenvalue weighted by Crippen LogP contribution is 2.46. The maximum Gasteiger partial charge on any atom is 0.257 e. The molecule has 1 N–H and O–H groups in total. The summed E-state index contributed by atoms with van der Waals surface area (Å²) >= 11 is 0. The van der Waals surface area contributed by atoms with Crippen LogP contribution in [0.1, 0.15) is 48.9 Å². The van der Waals surface area contributed by atoms with E-state index >= 15 is 0 Å². The van der Waals surface area contributed by atoms with Gasteiger partial charge in [-0.3, -0.25) is 4.79 Å². The van der Waals surface area contributed by atoms with Crippen LogP contribution in [0.4, 0.5) is 0 Å². The Morgan fingerprint density at radius 1 is 1.05 bits per heavy atom. The average Bonchev–Trinajstić information content (AvgIpc) is 2.88. The van der Waals surface area contributed by atoms with E-state index in [0.29, 0.717) is 11.0 Å². The van der Waals surface area contributed by atoms with Gasteiger partial charge in [-0.05, 0) is 43.2 Å². The summed E-state index contributed by atoms with van der Waals surface area (Å²) in [6.07, 6.45) is 7.65. The van der Waals surface area contributed by atoms with E-state index in [1.807, 2.05) is 4.90 Å². The standard InChI is InChI=1S/C16H21NO2/c18-14-6-2-1-5-13(14)15(19)17-11-9-16(10-12-17)7-3-4-8-16/h1-2,5-6,18H,3-4,7-12H2. The smallest absolute Gasteiger partial charge is 0.257 e. The number of rotatable bonds is 1. The van der Waals surface area contributed by atoms with Gasteiger partial charge in [-0.1, -0.05) is 25.0 Å². The van der Waals surface area contributed by atoms with Gasteiger partial charge in [0, 0.05) is 13.1 Å². The lowest BCUT2D eigenvalue weighted by Gasteiger charge is -2.39. The molecule has 0 unspecified atom stereocenters. The quantitative estimate of drug-likeness (QED) is 0.841. The minimum absolute atomic E-state index is 0.0223. The van der Waals surface area contributed by atoms with Crippen molar-refractivity contribution < 1.29 is 9.90 Å². The van der Waals surface area contributed by atoms with Crippen molar-refractivity contribution >= 4 is 5.91 Å². The lowest BCUT2D eigenvalue weighted by molar-refractivity contribution is 0.0585. The molecule has 2 fully saturated rings. The number of hydrogen-bond donors (Lipinski definition) is 1. The first kappa shape index (κ1) is 12.5. The lowest BCUT2D eigenvalue weighted by atomic mass is 9.77. The molecule has 1 aliphatic carbocycles. The number of para-hydroxylation sites is 1. The van der Waals surface area contributed by atoms with E-state index in [-0.39, 0.29) is 11.7 Å². The van der Waals surface area contributed by atoms with Crippen LogP contribution in [0.25, 0.3) is 0 Å². The number of piperidine rings is 1. The second-order valence-corrected chi connectivity index (χ2v) is 6.02. The molecule has 0 bridgehead atoms. The first-order valence-electron chi connectivity index (χ1n) is 7.28. The maximum absolute atomic E-state index is 12.4. The van der Waals surface area contributed by atoms with E-state index in [4.69, 9.17) is 0 Å². The van der Waals surface area contributed by atoms with Gasteiger partial charge in [-0.25, -0.2) is 0 Å². The average molecular weight is 259 g/mol. The van der Waals surface area contributed by atoms with Gasteiger partial charge < -0.3 is 10.0 Å². The Morgan fingerprint density at radius 2 is 1.68 bits per heavy atom. The Kier molecular flexibility index (Phi) is 3.21. The molecule has 2 aliphatic rings. The number of aromatic hydroxyl groups is 1. The third kappa shape index (κ3) is 2.34. The fraction of sp³-hybridized carbons (Fsp3) is 0.562. The van der Waals surface area contributed by atoms with Gasteiger partial charge in [0.1, 0.15) is 5.75 Å². The SMILES string of the molecule is O=C(c1ccccc1O)N1CCC2(CCCC2)CC1. The number of likely N-dealkylation sites (tertiary alicyclic amines) is 1. The van der Waals surface area contributed by atoms with Crippen LogP contribution in [-0.2, 0) is 0 Å². The summed E-state index contributed by atoms with van der Waals surface area (Å²) in [7, 11) is 0. The van der Waals surface area contributed by atoms with Crippen LogP contribution in [0.5, 0.6) is 5.75 Å². The molecule has 1 saturated heterocycles. The van der Waals surface area contributed by atoms with Gasteiger partial charge in [0.25, 0.3) is 5.91 Å². The van der Waals surface area contributed by atoms with Crippen molar-refractivity contribution in [1.29, 1.82) is 0 Å². The lowest BCUT2D eigenvalue weighted by Crippen LogP contribution is -2.42. The first-order valence-corrected chi connectivity index (χ1v) is 7.28. The monoisotopic (exact) mass is 259 g/mol. The molecule has 1 aromatic carbocycles. The van der Waals surface area contributed by atoms with Crippen molar-refractivity contribution in [2.24, 2.45) is 5.41 Å². The van der Waals surface area contributed by atoms with E-state index in [1.165, 1.54) is 25.7 Å². The van der Waals surface area contributed by atoms with Crippen LogP contribution in [0.2, 0.25) is 0 Å². The summed E-state index contributed by atoms with van der Waals surface area (Å²) < 4.78 is 0. The largest absolute Gasteiger partial charge is 0.507 e. The van der Waals surface area contributed by atoms with Crippen molar-refractivity contribution in [3.63, 3.8) is 0 Å². The minimum atomic E-state index is -0.0223. The van der Waals surface area contributed by atoms with E-state index in [0.717, 1.165) is 25.9 Å². The van der Waals surface area contributed by atoms with Crippen LogP contribution in [0, 0.1) is 5.41 Å². The third-order valence-corrected chi connectivity index (χ3v) is 4.91. The molecule has 0 radical (unpaired) electrons. The Hall–Kier alpha value is -1.51. The van der Waals surface area contributed by atoms with Crippen molar-refractivity contribution in [3.8, 4) is 5.75 Å². The Bertz CT molecular complexity index is 467. The van der Waals surface area contributed by atoms with Gasteiger partial charge in [0.15, 0.2) is 0 Å². The van der Waals surface area contributed by atoms with Crippen molar-refractivity contribution in [1.82, 2.24) is 4.90 Å². The second kappa shape index (κ2) is 4.87. The molecule has 1 amide bonds. The molecule has 1 saturated carbocycles. The molecule has 3 heteroatoms. The molecule has 1 heterocycles. The van der Waals surface area contributed by atoms with Gasteiger partial charge in [-0.15, -0.1) is 0 Å². The van der Waals surface area contributed by atoms with Gasteiger partial charge >= 0.3 is 0 Å². The number of benzene rings is 1. The number of hydrogen-bond acceptors (Lipinski definition) is 2. The Morgan fingerprint density at radius 3 is 2.32 bits per heavy atom. The van der Waals surface area contributed by atoms with Crippen LogP contribution in [0.15, 0.2) is 24.3 Å². The third-order valence-electron chi connectivity index (χ3n) is 4.91. The highest BCUT2D eigenvalue weighted by atomic mass is 16.3. The first-order chi connectivity index (χ1) is 9.20. The van der Waals surface area contributed by atoms with Gasteiger partial charge in [-0.2, -0.15) is 0 Å². The summed E-state index contributed by atoms with van der Waals surface area (Å²) in [5, 5.41) is 9.77. The zero-order chi connectivity index (χ0) is 13.3. The number of amides is 1. The molecular weight excluding hydrogens is 238 g/mol. The van der Waals surface area contributed by atoms with Crippen LogP contribution >= 0.6 is 0 Å². The van der Waals surface area contributed by atoms with E-state index < -0.39 is 0 Å². The number of carbonyl (C=O) groups excluding carboxylic acids is 1. The zero-order valence-corrected chi connectivity index (χ0v) is 11.3. The predicted octanol–water partition coefficient (Wildman–Crippen LogP) is 3.19. The summed E-state index contributed by atoms with van der Waals surface area (Å²) in [6.45, 7) is 1.68. The summed E-state index contributed by atoms with van der Waals surface area (Å²) in [5.74, 6) is 0.0691. The van der Waals surface area contributed by atoms with E-state index in [2.05, 4.69) is 0 Å². The molecule has 3 nitrogen and oxygen atoms in total. The van der Waals surface area contributed by atoms with Crippen molar-refractivity contribution in [2.45, 2.75) is 38.5 Å². The van der Waals surface area contributed by atoms with Crippen LogP contribution in [0.3, 0.4) is 0 Å². The van der Waals surface area contributed by atoms with Crippen molar-refractivity contribution in [2.75, 3.05) is 13.1 Å². The van der Waals surface area contributed by atoms with Crippen molar-refractivity contribution in [3.05, 3.63) is 29.8 Å². The molecular formula is C16H21NO2. The van der Waals surface area contributed by atoms with Gasteiger partial charge in [0.05, 0.1) is 5.56 Å². The van der Waals surface area contributed by atoms with Gasteiger partial charge in [0.2, 0.25) is 0 Å². The van der Waals surface area contributed by atoms with Crippen LogP contribution in [-0.4, -0.2) is 29.0 Å². The molecule has 102 valence electrons. The predicted molar refractivity (Wildman–Crippen MR) is 74.1 cm³/mol. The number of phenols is 1. The number of phenolic OH excluding ortho intramolecular Hbond substituents is 1. The molecule has 1 spiro atoms. The molecule has 3 rings (SSSR count). The number of carbonyl (C=O) groups is 1. The highest BCUT2D eigenvalue weighted by molar-refractivity contribution is 5.96. The molecule has 0 atom stereocenters. The Balaban J connectivity index is 1.68. The molecule has 1 aromatic rings. The molecule has 19 heavy (non-hydrogen) atoms. The molecule has 1 aliphatic heterocycles. The normalized spacial score (nSPS) is 21.8. The number of nitrogens with zero attached hydrogens (tertiary/aromatic N) is 1. The summed E-state index contributed by atoms with van der Waals surface area (Å²) in [5.41, 5.74) is 0.958. The topological polar surface area (TPSA) is 40.5 Å². The van der Waals surface area contributed by atoms with E-state index in [9.17, 15) is 9.90 Å². The summed E-state index contributed by atoms with van der Waals surface area (Å²) in [6, 6.07) is 6.83. The fourth-order valence-electron chi connectivity index (χ4n) is 3.63.